The van der Waals surface area contributed by atoms with Crippen LogP contribution in [0.2, 0.25) is 0 Å². The summed E-state index contributed by atoms with van der Waals surface area (Å²) < 4.78 is 4.63. The van der Waals surface area contributed by atoms with E-state index in [0.717, 1.165) is 12.0 Å². The molecule has 0 bridgehead atoms. The minimum Gasteiger partial charge on any atom is -0.449 e. The molecule has 0 radical (unpaired) electrons. The molecule has 1 rings (SSSR count). The third kappa shape index (κ3) is 3.99. The van der Waals surface area contributed by atoms with Gasteiger partial charge in [0.25, 0.3) is 0 Å². The van der Waals surface area contributed by atoms with Crippen LogP contribution in [0, 0.1) is 0 Å². The Labute approximate surface area is 88.1 Å². The zero-order chi connectivity index (χ0) is 11.1. The molecule has 15 heavy (non-hydrogen) atoms. The second-order valence-corrected chi connectivity index (χ2v) is 3.16. The molecule has 0 atom stereocenters. The molecule has 0 amide bonds. The lowest BCUT2D eigenvalue weighted by Crippen LogP contribution is -2.05. The molecule has 0 saturated carbocycles. The molecule has 0 saturated heterocycles. The molecule has 0 aromatic heterocycles. The van der Waals surface area contributed by atoms with Crippen LogP contribution in [-0.4, -0.2) is 23.0 Å². The number of para-hydroxylation sites is 1. The van der Waals surface area contributed by atoms with Gasteiger partial charge in [0.15, 0.2) is 0 Å². The van der Waals surface area contributed by atoms with Crippen LogP contribution < -0.4 is 4.74 Å². The fourth-order valence-electron chi connectivity index (χ4n) is 1.33. The van der Waals surface area contributed by atoms with E-state index in [1.54, 1.807) is 12.1 Å². The fourth-order valence-corrected chi connectivity index (χ4v) is 1.33. The Hall–Kier alpha value is -1.55. The van der Waals surface area contributed by atoms with E-state index in [-0.39, 0.29) is 6.61 Å². The van der Waals surface area contributed by atoms with E-state index in [1.807, 2.05) is 12.1 Å². The summed E-state index contributed by atoms with van der Waals surface area (Å²) in [5.74, 6) is 0.378. The maximum Gasteiger partial charge on any atom is 0.511 e. The molecule has 0 fully saturated rings. The third-order valence-corrected chi connectivity index (χ3v) is 2.02. The number of aliphatic hydroxyl groups is 1. The number of ether oxygens (including phenoxy) is 1. The summed E-state index contributed by atoms with van der Waals surface area (Å²) in [6, 6.07) is 7.02. The Morgan fingerprint density at radius 2 is 2.00 bits per heavy atom. The molecule has 0 aliphatic heterocycles. The van der Waals surface area contributed by atoms with E-state index >= 15 is 0 Å². The van der Waals surface area contributed by atoms with E-state index in [9.17, 15) is 4.79 Å². The van der Waals surface area contributed by atoms with E-state index in [0.29, 0.717) is 18.6 Å². The van der Waals surface area contributed by atoms with Crippen molar-refractivity contribution in [1.82, 2.24) is 0 Å². The first-order valence-electron chi connectivity index (χ1n) is 4.83. The SMILES string of the molecule is O=C(O)Oc1ccccc1CCCCO. The normalized spacial score (nSPS) is 9.93. The van der Waals surface area contributed by atoms with Crippen LogP contribution in [0.3, 0.4) is 0 Å². The van der Waals surface area contributed by atoms with Crippen molar-refractivity contribution in [1.29, 1.82) is 0 Å². The lowest BCUT2D eigenvalue weighted by Gasteiger charge is -2.06. The zero-order valence-corrected chi connectivity index (χ0v) is 8.35. The lowest BCUT2D eigenvalue weighted by molar-refractivity contribution is 0.144. The molecular formula is C11H14O4. The second-order valence-electron chi connectivity index (χ2n) is 3.16. The largest absolute Gasteiger partial charge is 0.511 e. The zero-order valence-electron chi connectivity index (χ0n) is 8.35. The van der Waals surface area contributed by atoms with Crippen molar-refractivity contribution in [2.75, 3.05) is 6.61 Å². The predicted molar refractivity (Wildman–Crippen MR) is 55.1 cm³/mol. The summed E-state index contributed by atoms with van der Waals surface area (Å²) in [6.45, 7) is 0.155. The average Bonchev–Trinajstić information content (AvgIpc) is 2.20. The highest BCUT2D eigenvalue weighted by molar-refractivity contribution is 5.62. The summed E-state index contributed by atoms with van der Waals surface area (Å²) in [7, 11) is 0. The average molecular weight is 210 g/mol. The molecule has 4 nitrogen and oxygen atoms in total. The standard InChI is InChI=1S/C11H14O4/c12-8-4-3-6-9-5-1-2-7-10(9)15-11(13)14/h1-2,5,7,12H,3-4,6,8H2,(H,13,14). The summed E-state index contributed by atoms with van der Waals surface area (Å²) >= 11 is 0. The van der Waals surface area contributed by atoms with Gasteiger partial charge in [-0.2, -0.15) is 0 Å². The quantitative estimate of drug-likeness (QED) is 0.443. The first-order chi connectivity index (χ1) is 7.24. The monoisotopic (exact) mass is 210 g/mol. The van der Waals surface area contributed by atoms with Gasteiger partial charge in [-0.05, 0) is 30.9 Å². The molecule has 1 aromatic rings. The van der Waals surface area contributed by atoms with Gasteiger partial charge in [0, 0.05) is 6.61 Å². The van der Waals surface area contributed by atoms with Crippen LogP contribution in [0.15, 0.2) is 24.3 Å². The van der Waals surface area contributed by atoms with Gasteiger partial charge in [-0.1, -0.05) is 18.2 Å². The number of hydrogen-bond acceptors (Lipinski definition) is 3. The summed E-state index contributed by atoms with van der Waals surface area (Å²) in [4.78, 5) is 10.4. The number of carboxylic acid groups (broad SMARTS) is 1. The van der Waals surface area contributed by atoms with E-state index in [1.165, 1.54) is 0 Å². The number of aryl methyl sites for hydroxylation is 1. The number of carbonyl (C=O) groups is 1. The van der Waals surface area contributed by atoms with Crippen LogP contribution in [0.1, 0.15) is 18.4 Å². The van der Waals surface area contributed by atoms with Crippen molar-refractivity contribution >= 4 is 6.16 Å². The van der Waals surface area contributed by atoms with E-state index in [4.69, 9.17) is 10.2 Å². The van der Waals surface area contributed by atoms with Crippen LogP contribution in [0.25, 0.3) is 0 Å². The molecule has 4 heteroatoms. The number of benzene rings is 1. The maximum absolute atomic E-state index is 10.4. The molecule has 82 valence electrons. The van der Waals surface area contributed by atoms with Gasteiger partial charge in [-0.3, -0.25) is 0 Å². The van der Waals surface area contributed by atoms with Gasteiger partial charge in [0.05, 0.1) is 0 Å². The summed E-state index contributed by atoms with van der Waals surface area (Å²) in [5.41, 5.74) is 0.855. The fraction of sp³-hybridized carbons (Fsp3) is 0.364. The lowest BCUT2D eigenvalue weighted by atomic mass is 10.1. The first-order valence-corrected chi connectivity index (χ1v) is 4.83. The molecule has 2 N–H and O–H groups in total. The van der Waals surface area contributed by atoms with Gasteiger partial charge in [0.2, 0.25) is 0 Å². The van der Waals surface area contributed by atoms with Crippen molar-refractivity contribution in [3.8, 4) is 5.75 Å². The number of rotatable bonds is 5. The highest BCUT2D eigenvalue weighted by Gasteiger charge is 2.06. The van der Waals surface area contributed by atoms with E-state index in [2.05, 4.69) is 4.74 Å². The second kappa shape index (κ2) is 6.03. The first kappa shape index (κ1) is 11.5. The van der Waals surface area contributed by atoms with Crippen LogP contribution in [0.5, 0.6) is 5.75 Å². The maximum atomic E-state index is 10.4. The van der Waals surface area contributed by atoms with Gasteiger partial charge in [-0.15, -0.1) is 0 Å². The van der Waals surface area contributed by atoms with Gasteiger partial charge >= 0.3 is 6.16 Å². The Kier molecular flexibility index (Phi) is 4.63. The minimum atomic E-state index is -1.30. The molecule has 0 unspecified atom stereocenters. The van der Waals surface area contributed by atoms with Crippen molar-refractivity contribution in [3.05, 3.63) is 29.8 Å². The van der Waals surface area contributed by atoms with E-state index < -0.39 is 6.16 Å². The predicted octanol–water partition coefficient (Wildman–Crippen LogP) is 2.06. The molecule has 0 heterocycles. The molecule has 0 aliphatic carbocycles. The van der Waals surface area contributed by atoms with Gasteiger partial charge in [0.1, 0.15) is 5.75 Å². The molecule has 0 aliphatic rings. The highest BCUT2D eigenvalue weighted by Crippen LogP contribution is 2.20. The Morgan fingerprint density at radius 1 is 1.27 bits per heavy atom. The van der Waals surface area contributed by atoms with Crippen molar-refractivity contribution in [2.45, 2.75) is 19.3 Å². The van der Waals surface area contributed by atoms with Crippen molar-refractivity contribution < 1.29 is 19.7 Å². The molecule has 0 spiro atoms. The van der Waals surface area contributed by atoms with Gasteiger partial charge in [-0.25, -0.2) is 4.79 Å². The Bertz CT molecular complexity index is 322. The van der Waals surface area contributed by atoms with Crippen molar-refractivity contribution in [2.24, 2.45) is 0 Å². The third-order valence-electron chi connectivity index (χ3n) is 2.02. The Morgan fingerprint density at radius 3 is 2.67 bits per heavy atom. The molecule has 1 aromatic carbocycles. The number of hydrogen-bond donors (Lipinski definition) is 2. The van der Waals surface area contributed by atoms with Crippen LogP contribution in [0.4, 0.5) is 4.79 Å². The number of unbranched alkanes of at least 4 members (excludes halogenated alkanes) is 1. The van der Waals surface area contributed by atoms with Crippen LogP contribution >= 0.6 is 0 Å². The smallest absolute Gasteiger partial charge is 0.449 e. The highest BCUT2D eigenvalue weighted by atomic mass is 16.7. The van der Waals surface area contributed by atoms with Crippen molar-refractivity contribution in [3.63, 3.8) is 0 Å². The Balaban J connectivity index is 2.64. The topological polar surface area (TPSA) is 66.8 Å². The number of aliphatic hydroxyl groups excluding tert-OH is 1. The summed E-state index contributed by atoms with van der Waals surface area (Å²) in [6.07, 6.45) is 0.937. The minimum absolute atomic E-state index is 0.155. The summed E-state index contributed by atoms with van der Waals surface area (Å²) in [5, 5.41) is 17.1. The van der Waals surface area contributed by atoms with Crippen LogP contribution in [-0.2, 0) is 6.42 Å². The molecular weight excluding hydrogens is 196 g/mol. The van der Waals surface area contributed by atoms with Gasteiger partial charge < -0.3 is 14.9 Å².